The van der Waals surface area contributed by atoms with Crippen molar-refractivity contribution in [1.82, 2.24) is 9.80 Å². The smallest absolute Gasteiger partial charge is 0.261 e. The van der Waals surface area contributed by atoms with Crippen LogP contribution in [0.4, 0.5) is 5.69 Å². The summed E-state index contributed by atoms with van der Waals surface area (Å²) >= 11 is 0. The quantitative estimate of drug-likeness (QED) is 0.513. The van der Waals surface area contributed by atoms with Gasteiger partial charge in [-0.3, -0.25) is 14.5 Å². The molecule has 3 aromatic rings. The van der Waals surface area contributed by atoms with Crippen LogP contribution in [0.25, 0.3) is 10.8 Å². The summed E-state index contributed by atoms with van der Waals surface area (Å²) in [7, 11) is 3.85. The summed E-state index contributed by atoms with van der Waals surface area (Å²) in [6, 6.07) is 17.3. The molecule has 0 aliphatic carbocycles. The van der Waals surface area contributed by atoms with Gasteiger partial charge in [0.25, 0.3) is 11.8 Å². The van der Waals surface area contributed by atoms with Crippen LogP contribution in [-0.2, 0) is 0 Å². The average molecular weight is 444 g/mol. The molecule has 6 heteroatoms. The second-order valence-electron chi connectivity index (χ2n) is 9.05. The van der Waals surface area contributed by atoms with Gasteiger partial charge in [-0.1, -0.05) is 12.1 Å². The van der Waals surface area contributed by atoms with Gasteiger partial charge in [-0.05, 0) is 75.8 Å². The van der Waals surface area contributed by atoms with Crippen LogP contribution in [0, 0.1) is 0 Å². The highest BCUT2D eigenvalue weighted by Gasteiger charge is 2.33. The molecule has 6 nitrogen and oxygen atoms in total. The van der Waals surface area contributed by atoms with Gasteiger partial charge in [0.2, 0.25) is 0 Å². The summed E-state index contributed by atoms with van der Waals surface area (Å²) in [4.78, 5) is 32.0. The third-order valence-electron chi connectivity index (χ3n) is 6.51. The Morgan fingerprint density at radius 3 is 2.24 bits per heavy atom. The molecule has 0 unspecified atom stereocenters. The first-order valence-corrected chi connectivity index (χ1v) is 11.6. The zero-order valence-corrected chi connectivity index (χ0v) is 19.2. The number of nitrogens with zero attached hydrogens (tertiary/aromatic N) is 3. The van der Waals surface area contributed by atoms with Crippen molar-refractivity contribution in [2.24, 2.45) is 0 Å². The number of piperidine rings is 1. The number of carbonyl (C=O) groups is 2. The van der Waals surface area contributed by atoms with Crippen molar-refractivity contribution in [3.8, 4) is 11.5 Å². The standard InChI is InChI=1S/C27H29N3O3/c1-28(2)17-18-30-26(31)22-8-6-7-21-24(14-13-23(25(21)22)27(30)32)33-20-11-9-19(10-12-20)29-15-4-3-5-16-29/h6-14H,3-5,15-18H2,1-2H3. The Bertz CT molecular complexity index is 1170. The number of amides is 2. The van der Waals surface area contributed by atoms with Gasteiger partial charge in [0, 0.05) is 53.8 Å². The molecule has 3 aromatic carbocycles. The molecule has 2 heterocycles. The van der Waals surface area contributed by atoms with Crippen molar-refractivity contribution < 1.29 is 14.3 Å². The van der Waals surface area contributed by atoms with Gasteiger partial charge in [0.15, 0.2) is 0 Å². The van der Waals surface area contributed by atoms with E-state index in [4.69, 9.17) is 4.74 Å². The van der Waals surface area contributed by atoms with E-state index in [1.165, 1.54) is 29.8 Å². The fourth-order valence-electron chi connectivity index (χ4n) is 4.72. The predicted octanol–water partition coefficient (Wildman–Crippen LogP) is 4.78. The molecule has 170 valence electrons. The van der Waals surface area contributed by atoms with Crippen LogP contribution in [0.1, 0.15) is 40.0 Å². The maximum absolute atomic E-state index is 13.1. The number of ether oxygens (including phenoxy) is 1. The third kappa shape index (κ3) is 4.07. The van der Waals surface area contributed by atoms with E-state index in [1.54, 1.807) is 12.1 Å². The predicted molar refractivity (Wildman–Crippen MR) is 130 cm³/mol. The van der Waals surface area contributed by atoms with Gasteiger partial charge in [-0.15, -0.1) is 0 Å². The number of hydrogen-bond donors (Lipinski definition) is 0. The molecule has 5 rings (SSSR count). The lowest BCUT2D eigenvalue weighted by Gasteiger charge is -2.29. The van der Waals surface area contributed by atoms with E-state index >= 15 is 0 Å². The van der Waals surface area contributed by atoms with E-state index in [0.29, 0.717) is 35.4 Å². The van der Waals surface area contributed by atoms with Gasteiger partial charge in [0.1, 0.15) is 11.5 Å². The number of carbonyl (C=O) groups excluding carboxylic acids is 2. The molecule has 0 bridgehead atoms. The van der Waals surface area contributed by atoms with E-state index in [0.717, 1.165) is 24.2 Å². The molecule has 33 heavy (non-hydrogen) atoms. The minimum atomic E-state index is -0.247. The lowest BCUT2D eigenvalue weighted by Crippen LogP contribution is -2.43. The largest absolute Gasteiger partial charge is 0.457 e. The molecule has 2 aliphatic heterocycles. The second-order valence-corrected chi connectivity index (χ2v) is 9.05. The first-order chi connectivity index (χ1) is 16.0. The first-order valence-electron chi connectivity index (χ1n) is 11.6. The molecule has 0 N–H and O–H groups in total. The number of anilines is 1. The van der Waals surface area contributed by atoms with Gasteiger partial charge < -0.3 is 14.5 Å². The highest BCUT2D eigenvalue weighted by molar-refractivity contribution is 6.26. The molecule has 0 saturated carbocycles. The molecule has 0 spiro atoms. The fourth-order valence-corrected chi connectivity index (χ4v) is 4.72. The Kier molecular flexibility index (Phi) is 5.77. The van der Waals surface area contributed by atoms with Crippen LogP contribution < -0.4 is 9.64 Å². The second kappa shape index (κ2) is 8.87. The summed E-state index contributed by atoms with van der Waals surface area (Å²) in [6.07, 6.45) is 3.78. The van der Waals surface area contributed by atoms with Gasteiger partial charge in [-0.25, -0.2) is 0 Å². The molecule has 1 saturated heterocycles. The zero-order valence-electron chi connectivity index (χ0n) is 19.2. The summed E-state index contributed by atoms with van der Waals surface area (Å²) in [6.45, 7) is 3.19. The van der Waals surface area contributed by atoms with Gasteiger partial charge in [0.05, 0.1) is 0 Å². The van der Waals surface area contributed by atoms with Crippen LogP contribution >= 0.6 is 0 Å². The molecule has 2 aliphatic rings. The Morgan fingerprint density at radius 2 is 1.55 bits per heavy atom. The molecule has 0 atom stereocenters. The number of imide groups is 1. The van der Waals surface area contributed by atoms with Crippen LogP contribution in [-0.4, -0.2) is 61.9 Å². The van der Waals surface area contributed by atoms with Crippen molar-refractivity contribution in [2.75, 3.05) is 45.2 Å². The summed E-state index contributed by atoms with van der Waals surface area (Å²) in [5, 5.41) is 1.45. The number of likely N-dealkylation sites (N-methyl/N-ethyl adjacent to an activating group) is 1. The van der Waals surface area contributed by atoms with Crippen molar-refractivity contribution in [3.05, 3.63) is 65.7 Å². The number of hydrogen-bond acceptors (Lipinski definition) is 5. The van der Waals surface area contributed by atoms with Crippen molar-refractivity contribution >= 4 is 28.3 Å². The topological polar surface area (TPSA) is 53.1 Å². The highest BCUT2D eigenvalue weighted by Crippen LogP contribution is 2.37. The Hall–Kier alpha value is -3.38. The Morgan fingerprint density at radius 1 is 0.848 bits per heavy atom. The first kappa shape index (κ1) is 21.5. The van der Waals surface area contributed by atoms with Gasteiger partial charge in [-0.2, -0.15) is 0 Å². The minimum absolute atomic E-state index is 0.247. The minimum Gasteiger partial charge on any atom is -0.457 e. The average Bonchev–Trinajstić information content (AvgIpc) is 2.84. The molecular formula is C27H29N3O3. The lowest BCUT2D eigenvalue weighted by atomic mass is 9.93. The number of rotatable bonds is 6. The van der Waals surface area contributed by atoms with Crippen molar-refractivity contribution in [3.63, 3.8) is 0 Å². The molecule has 0 aromatic heterocycles. The van der Waals surface area contributed by atoms with E-state index in [1.807, 2.05) is 49.3 Å². The Balaban J connectivity index is 1.44. The van der Waals surface area contributed by atoms with E-state index < -0.39 is 0 Å². The molecule has 1 fully saturated rings. The van der Waals surface area contributed by atoms with Crippen molar-refractivity contribution in [1.29, 1.82) is 0 Å². The third-order valence-corrected chi connectivity index (χ3v) is 6.51. The molecule has 2 amide bonds. The Labute approximate surface area is 194 Å². The maximum Gasteiger partial charge on any atom is 0.261 e. The summed E-state index contributed by atoms with van der Waals surface area (Å²) < 4.78 is 6.23. The van der Waals surface area contributed by atoms with E-state index in [2.05, 4.69) is 17.0 Å². The normalized spacial score (nSPS) is 16.1. The summed E-state index contributed by atoms with van der Waals surface area (Å²) in [5.74, 6) is 0.882. The maximum atomic E-state index is 13.1. The van der Waals surface area contributed by atoms with Crippen LogP contribution in [0.5, 0.6) is 11.5 Å². The van der Waals surface area contributed by atoms with E-state index in [-0.39, 0.29) is 11.8 Å². The van der Waals surface area contributed by atoms with E-state index in [9.17, 15) is 9.59 Å². The zero-order chi connectivity index (χ0) is 22.9. The monoisotopic (exact) mass is 443 g/mol. The SMILES string of the molecule is CN(C)CCN1C(=O)c2cccc3c(Oc4ccc(N5CCCCC5)cc4)ccc(c23)C1=O. The van der Waals surface area contributed by atoms with Crippen LogP contribution in [0.15, 0.2) is 54.6 Å². The van der Waals surface area contributed by atoms with Gasteiger partial charge >= 0.3 is 0 Å². The lowest BCUT2D eigenvalue weighted by molar-refractivity contribution is 0.0601. The summed E-state index contributed by atoms with van der Waals surface area (Å²) in [5.41, 5.74) is 2.31. The fraction of sp³-hybridized carbons (Fsp3) is 0.333. The highest BCUT2D eigenvalue weighted by atomic mass is 16.5. The van der Waals surface area contributed by atoms with Crippen molar-refractivity contribution in [2.45, 2.75) is 19.3 Å². The van der Waals surface area contributed by atoms with Crippen LogP contribution in [0.2, 0.25) is 0 Å². The number of benzene rings is 3. The molecular weight excluding hydrogens is 414 g/mol. The molecule has 0 radical (unpaired) electrons. The van der Waals surface area contributed by atoms with Crippen LogP contribution in [0.3, 0.4) is 0 Å².